The van der Waals surface area contributed by atoms with Crippen molar-refractivity contribution in [2.75, 3.05) is 0 Å². The molecule has 2 heteroatoms. The van der Waals surface area contributed by atoms with Gasteiger partial charge in [-0.2, -0.15) is 0 Å². The molecule has 0 spiro atoms. The van der Waals surface area contributed by atoms with Crippen LogP contribution in [-0.4, -0.2) is 10.2 Å². The number of rotatable bonds is 4. The Balaban J connectivity index is 2.62. The molecule has 0 aliphatic rings. The molecule has 0 unspecified atom stereocenters. The first-order valence-electron chi connectivity index (χ1n) is 7.28. The monoisotopic (exact) mass is 270 g/mol. The predicted octanol–water partition coefficient (Wildman–Crippen LogP) is 4.45. The van der Waals surface area contributed by atoms with E-state index in [-0.39, 0.29) is 5.75 Å². The van der Waals surface area contributed by atoms with Gasteiger partial charge in [0.2, 0.25) is 0 Å². The highest BCUT2D eigenvalue weighted by Crippen LogP contribution is 2.40. The van der Waals surface area contributed by atoms with Crippen LogP contribution in [-0.2, 0) is 19.3 Å². The number of phenolic OH excluding ortho intramolecular Hbond substituents is 2. The zero-order valence-electron chi connectivity index (χ0n) is 12.4. The van der Waals surface area contributed by atoms with Crippen molar-refractivity contribution in [3.63, 3.8) is 0 Å². The second kappa shape index (κ2) is 6.00. The van der Waals surface area contributed by atoms with Crippen LogP contribution < -0.4 is 0 Å². The van der Waals surface area contributed by atoms with Gasteiger partial charge >= 0.3 is 0 Å². The van der Waals surface area contributed by atoms with Gasteiger partial charge in [0.05, 0.1) is 0 Å². The molecule has 2 aromatic carbocycles. The molecule has 106 valence electrons. The molecule has 2 rings (SSSR count). The molecule has 0 aromatic heterocycles. The van der Waals surface area contributed by atoms with Gasteiger partial charge in [0, 0.05) is 11.1 Å². The van der Waals surface area contributed by atoms with Gasteiger partial charge < -0.3 is 10.2 Å². The predicted molar refractivity (Wildman–Crippen MR) is 83.3 cm³/mol. The van der Waals surface area contributed by atoms with Gasteiger partial charge in [-0.25, -0.2) is 0 Å². The molecule has 0 radical (unpaired) electrons. The maximum Gasteiger partial charge on any atom is 0.124 e. The maximum absolute atomic E-state index is 10.3. The van der Waals surface area contributed by atoms with E-state index >= 15 is 0 Å². The van der Waals surface area contributed by atoms with Crippen LogP contribution in [0.5, 0.6) is 11.5 Å². The average molecular weight is 270 g/mol. The fraction of sp³-hybridized carbons (Fsp3) is 0.333. The zero-order valence-corrected chi connectivity index (χ0v) is 12.4. The van der Waals surface area contributed by atoms with Gasteiger partial charge in [-0.3, -0.25) is 0 Å². The average Bonchev–Trinajstić information content (AvgIpc) is 2.48. The maximum atomic E-state index is 10.3. The minimum atomic E-state index is 0.251. The fourth-order valence-corrected chi connectivity index (χ4v) is 2.62. The van der Waals surface area contributed by atoms with Gasteiger partial charge in [-0.15, -0.1) is 0 Å². The Hall–Kier alpha value is -1.96. The lowest BCUT2D eigenvalue weighted by Gasteiger charge is -2.16. The van der Waals surface area contributed by atoms with Crippen molar-refractivity contribution >= 4 is 0 Å². The van der Waals surface area contributed by atoms with Crippen LogP contribution in [0, 0.1) is 0 Å². The summed E-state index contributed by atoms with van der Waals surface area (Å²) in [6, 6.07) is 9.84. The van der Waals surface area contributed by atoms with Crippen LogP contribution in [0.1, 0.15) is 37.5 Å². The quantitative estimate of drug-likeness (QED) is 0.806. The number of benzene rings is 2. The van der Waals surface area contributed by atoms with Gasteiger partial charge in [0.1, 0.15) is 11.5 Å². The van der Waals surface area contributed by atoms with Crippen LogP contribution in [0.3, 0.4) is 0 Å². The SMILES string of the molecule is CCc1ccc(-c2c(O)cc(CC)c(O)c2CC)cc1. The van der Waals surface area contributed by atoms with E-state index in [0.717, 1.165) is 28.7 Å². The van der Waals surface area contributed by atoms with E-state index < -0.39 is 0 Å². The molecule has 0 bridgehead atoms. The first-order chi connectivity index (χ1) is 9.62. The summed E-state index contributed by atoms with van der Waals surface area (Å²) >= 11 is 0. The largest absolute Gasteiger partial charge is 0.507 e. The van der Waals surface area contributed by atoms with Crippen molar-refractivity contribution in [1.82, 2.24) is 0 Å². The second-order valence-electron chi connectivity index (χ2n) is 5.01. The van der Waals surface area contributed by atoms with Crippen molar-refractivity contribution < 1.29 is 10.2 Å². The molecule has 2 aromatic rings. The minimum Gasteiger partial charge on any atom is -0.507 e. The van der Waals surface area contributed by atoms with E-state index in [9.17, 15) is 10.2 Å². The third kappa shape index (κ3) is 2.51. The third-order valence-electron chi connectivity index (χ3n) is 3.84. The zero-order chi connectivity index (χ0) is 14.7. The summed E-state index contributed by atoms with van der Waals surface area (Å²) in [4.78, 5) is 0. The highest BCUT2D eigenvalue weighted by Gasteiger charge is 2.16. The number of phenols is 2. The summed E-state index contributed by atoms with van der Waals surface area (Å²) in [6.45, 7) is 6.09. The third-order valence-corrected chi connectivity index (χ3v) is 3.84. The molecule has 2 nitrogen and oxygen atoms in total. The summed E-state index contributed by atoms with van der Waals surface area (Å²) in [5.74, 6) is 0.572. The minimum absolute atomic E-state index is 0.251. The van der Waals surface area contributed by atoms with Crippen LogP contribution in [0.2, 0.25) is 0 Å². The standard InChI is InChI=1S/C18H22O2/c1-4-12-7-9-14(10-8-12)17-15(6-3)18(20)13(5-2)11-16(17)19/h7-11,19-20H,4-6H2,1-3H3. The number of aromatic hydroxyl groups is 2. The van der Waals surface area contributed by atoms with Crippen molar-refractivity contribution in [2.24, 2.45) is 0 Å². The van der Waals surface area contributed by atoms with Gasteiger partial charge in [-0.05, 0) is 42.0 Å². The van der Waals surface area contributed by atoms with E-state index in [0.29, 0.717) is 18.6 Å². The van der Waals surface area contributed by atoms with Crippen molar-refractivity contribution in [1.29, 1.82) is 0 Å². The highest BCUT2D eigenvalue weighted by molar-refractivity contribution is 5.77. The Morgan fingerprint density at radius 1 is 0.850 bits per heavy atom. The van der Waals surface area contributed by atoms with Crippen LogP contribution >= 0.6 is 0 Å². The Bertz CT molecular complexity index is 598. The number of aryl methyl sites for hydroxylation is 2. The summed E-state index contributed by atoms with van der Waals surface area (Å²) < 4.78 is 0. The molecule has 0 fully saturated rings. The second-order valence-corrected chi connectivity index (χ2v) is 5.01. The molecule has 0 aliphatic carbocycles. The Morgan fingerprint density at radius 2 is 1.50 bits per heavy atom. The molecule has 0 saturated heterocycles. The fourth-order valence-electron chi connectivity index (χ4n) is 2.62. The normalized spacial score (nSPS) is 10.8. The summed E-state index contributed by atoms with van der Waals surface area (Å²) in [5, 5.41) is 20.7. The topological polar surface area (TPSA) is 40.5 Å². The summed E-state index contributed by atoms with van der Waals surface area (Å²) in [7, 11) is 0. The Morgan fingerprint density at radius 3 is 2.00 bits per heavy atom. The molecular formula is C18H22O2. The van der Waals surface area contributed by atoms with E-state index in [2.05, 4.69) is 19.1 Å². The molecule has 2 N–H and O–H groups in total. The van der Waals surface area contributed by atoms with Crippen molar-refractivity contribution in [2.45, 2.75) is 40.0 Å². The molecular weight excluding hydrogens is 248 g/mol. The van der Waals surface area contributed by atoms with Crippen LogP contribution in [0.15, 0.2) is 30.3 Å². The molecule has 0 amide bonds. The van der Waals surface area contributed by atoms with E-state index in [1.54, 1.807) is 6.07 Å². The number of hydrogen-bond acceptors (Lipinski definition) is 2. The molecule has 0 heterocycles. The summed E-state index contributed by atoms with van der Waals surface area (Å²) in [6.07, 6.45) is 2.40. The lowest BCUT2D eigenvalue weighted by atomic mass is 9.92. The Kier molecular flexibility index (Phi) is 4.33. The van der Waals surface area contributed by atoms with Gasteiger partial charge in [-0.1, -0.05) is 45.0 Å². The molecule has 20 heavy (non-hydrogen) atoms. The van der Waals surface area contributed by atoms with Gasteiger partial charge in [0.15, 0.2) is 0 Å². The Labute approximate surface area is 120 Å². The lowest BCUT2D eigenvalue weighted by Crippen LogP contribution is -1.94. The smallest absolute Gasteiger partial charge is 0.124 e. The van der Waals surface area contributed by atoms with Crippen LogP contribution in [0.25, 0.3) is 11.1 Å². The van der Waals surface area contributed by atoms with E-state index in [1.807, 2.05) is 26.0 Å². The summed E-state index contributed by atoms with van der Waals surface area (Å²) in [5.41, 5.74) is 4.60. The van der Waals surface area contributed by atoms with E-state index in [1.165, 1.54) is 5.56 Å². The highest BCUT2D eigenvalue weighted by atomic mass is 16.3. The molecule has 0 atom stereocenters. The first kappa shape index (κ1) is 14.4. The molecule has 0 saturated carbocycles. The van der Waals surface area contributed by atoms with Gasteiger partial charge in [0.25, 0.3) is 0 Å². The first-order valence-corrected chi connectivity index (χ1v) is 7.28. The van der Waals surface area contributed by atoms with Crippen molar-refractivity contribution in [3.05, 3.63) is 47.0 Å². The molecule has 0 aliphatic heterocycles. The van der Waals surface area contributed by atoms with Crippen molar-refractivity contribution in [3.8, 4) is 22.6 Å². The lowest BCUT2D eigenvalue weighted by molar-refractivity contribution is 0.450. The van der Waals surface area contributed by atoms with Crippen LogP contribution in [0.4, 0.5) is 0 Å². The van der Waals surface area contributed by atoms with E-state index in [4.69, 9.17) is 0 Å². The number of hydrogen-bond donors (Lipinski definition) is 2.